The van der Waals surface area contributed by atoms with E-state index in [4.69, 9.17) is 4.63 Å². The second-order valence-corrected chi connectivity index (χ2v) is 7.63. The van der Waals surface area contributed by atoms with Gasteiger partial charge < -0.3 is 10.6 Å². The molecule has 2 aromatic heterocycles. The third kappa shape index (κ3) is 2.82. The van der Waals surface area contributed by atoms with Crippen molar-refractivity contribution in [3.8, 4) is 0 Å². The number of nitrogens with one attached hydrogen (secondary N) is 2. The minimum absolute atomic E-state index is 0.0333. The Hall–Kier alpha value is -3.00. The zero-order chi connectivity index (χ0) is 18.4. The Labute approximate surface area is 158 Å². The Kier molecular flexibility index (Phi) is 3.78. The first-order valence-corrected chi connectivity index (χ1v) is 9.48. The van der Waals surface area contributed by atoms with Gasteiger partial charge in [0.25, 0.3) is 0 Å². The highest BCUT2D eigenvalue weighted by Crippen LogP contribution is 2.44. The fraction of sp³-hybridized carbons (Fsp3) is 0.211. The average Bonchev–Trinajstić information content (AvgIpc) is 3.30. The number of anilines is 2. The quantitative estimate of drug-likeness (QED) is 0.690. The molecule has 0 bridgehead atoms. The minimum atomic E-state index is -0.520. The number of rotatable bonds is 2. The summed E-state index contributed by atoms with van der Waals surface area (Å²) >= 11 is 1.65. The number of ketones is 1. The molecule has 3 heterocycles. The molecule has 5 rings (SSSR count). The van der Waals surface area contributed by atoms with Gasteiger partial charge in [0.2, 0.25) is 11.6 Å². The highest BCUT2D eigenvalue weighted by Gasteiger charge is 2.37. The van der Waals surface area contributed by atoms with Gasteiger partial charge >= 0.3 is 0 Å². The van der Waals surface area contributed by atoms with Gasteiger partial charge in [0.1, 0.15) is 5.82 Å². The lowest BCUT2D eigenvalue weighted by atomic mass is 9.81. The molecule has 3 aromatic rings. The first kappa shape index (κ1) is 16.2. The third-order valence-electron chi connectivity index (χ3n) is 4.96. The molecule has 1 aliphatic heterocycles. The van der Waals surface area contributed by atoms with Crippen molar-refractivity contribution in [1.82, 2.24) is 10.3 Å². The van der Waals surface area contributed by atoms with E-state index >= 15 is 0 Å². The van der Waals surface area contributed by atoms with Crippen LogP contribution < -0.4 is 10.6 Å². The second-order valence-electron chi connectivity index (χ2n) is 6.65. The third-order valence-corrected chi connectivity index (χ3v) is 6.00. The SMILES string of the molecule is O=C1CC(c2cccs2)CC2=C1C(c1cccc(F)c1)Nc1nonc1N2. The maximum Gasteiger partial charge on any atom is 0.219 e. The van der Waals surface area contributed by atoms with Gasteiger partial charge in [0, 0.05) is 28.5 Å². The van der Waals surface area contributed by atoms with Crippen LogP contribution in [0.3, 0.4) is 0 Å². The van der Waals surface area contributed by atoms with Gasteiger partial charge in [-0.15, -0.1) is 11.3 Å². The molecule has 27 heavy (non-hydrogen) atoms. The van der Waals surface area contributed by atoms with Gasteiger partial charge in [-0.1, -0.05) is 18.2 Å². The predicted molar refractivity (Wildman–Crippen MR) is 99.0 cm³/mol. The Morgan fingerprint density at radius 3 is 2.85 bits per heavy atom. The van der Waals surface area contributed by atoms with E-state index in [-0.39, 0.29) is 17.5 Å². The van der Waals surface area contributed by atoms with E-state index in [1.165, 1.54) is 17.0 Å². The average molecular weight is 382 g/mol. The van der Waals surface area contributed by atoms with Crippen molar-refractivity contribution in [1.29, 1.82) is 0 Å². The van der Waals surface area contributed by atoms with E-state index in [1.54, 1.807) is 23.5 Å². The molecule has 0 saturated heterocycles. The van der Waals surface area contributed by atoms with Crippen LogP contribution in [-0.4, -0.2) is 16.1 Å². The molecule has 0 fully saturated rings. The van der Waals surface area contributed by atoms with E-state index in [0.29, 0.717) is 35.6 Å². The Morgan fingerprint density at radius 1 is 1.15 bits per heavy atom. The summed E-state index contributed by atoms with van der Waals surface area (Å²) in [5.41, 5.74) is 2.04. The van der Waals surface area contributed by atoms with Crippen molar-refractivity contribution in [2.75, 3.05) is 10.6 Å². The molecule has 2 aliphatic rings. The highest BCUT2D eigenvalue weighted by atomic mass is 32.1. The molecular weight excluding hydrogens is 367 g/mol. The normalized spacial score (nSPS) is 21.7. The van der Waals surface area contributed by atoms with Crippen LogP contribution in [0.5, 0.6) is 0 Å². The summed E-state index contributed by atoms with van der Waals surface area (Å²) in [6.07, 6.45) is 1.09. The fourth-order valence-corrected chi connectivity index (χ4v) is 4.59. The number of carbonyl (C=O) groups excluding carboxylic acids is 1. The van der Waals surface area contributed by atoms with Gasteiger partial charge in [-0.3, -0.25) is 4.79 Å². The number of thiophene rings is 1. The number of benzene rings is 1. The second kappa shape index (κ2) is 6.31. The fourth-order valence-electron chi connectivity index (χ4n) is 3.76. The van der Waals surface area contributed by atoms with E-state index < -0.39 is 6.04 Å². The van der Waals surface area contributed by atoms with E-state index in [9.17, 15) is 9.18 Å². The number of hydrogen-bond donors (Lipinski definition) is 2. The maximum absolute atomic E-state index is 13.8. The van der Waals surface area contributed by atoms with Crippen LogP contribution >= 0.6 is 11.3 Å². The molecular formula is C19H15FN4O2S. The Balaban J connectivity index is 1.62. The molecule has 0 spiro atoms. The van der Waals surface area contributed by atoms with Crippen molar-refractivity contribution in [2.24, 2.45) is 0 Å². The van der Waals surface area contributed by atoms with Crippen molar-refractivity contribution in [3.05, 3.63) is 69.3 Å². The lowest BCUT2D eigenvalue weighted by Gasteiger charge is -2.29. The summed E-state index contributed by atoms with van der Waals surface area (Å²) < 4.78 is 18.7. The number of hydrogen-bond acceptors (Lipinski definition) is 7. The van der Waals surface area contributed by atoms with Crippen LogP contribution in [0.2, 0.25) is 0 Å². The molecule has 0 amide bonds. The molecule has 8 heteroatoms. The van der Waals surface area contributed by atoms with E-state index in [2.05, 4.69) is 27.0 Å². The number of Topliss-reactive ketones (excluding diaryl/α,β-unsaturated/α-hetero) is 1. The lowest BCUT2D eigenvalue weighted by molar-refractivity contribution is -0.116. The Morgan fingerprint density at radius 2 is 2.04 bits per heavy atom. The zero-order valence-corrected chi connectivity index (χ0v) is 14.9. The molecule has 0 saturated carbocycles. The number of carbonyl (C=O) groups is 1. The molecule has 136 valence electrons. The largest absolute Gasteiger partial charge is 0.353 e. The monoisotopic (exact) mass is 382 g/mol. The number of aromatic nitrogens is 2. The van der Waals surface area contributed by atoms with Crippen LogP contribution in [0.25, 0.3) is 0 Å². The van der Waals surface area contributed by atoms with E-state index in [0.717, 1.165) is 5.70 Å². The smallest absolute Gasteiger partial charge is 0.219 e. The summed E-state index contributed by atoms with van der Waals surface area (Å²) in [6.45, 7) is 0. The van der Waals surface area contributed by atoms with Crippen LogP contribution in [0.4, 0.5) is 16.0 Å². The summed E-state index contributed by atoms with van der Waals surface area (Å²) in [5.74, 6) is 0.622. The lowest BCUT2D eigenvalue weighted by Crippen LogP contribution is -2.26. The van der Waals surface area contributed by atoms with Crippen molar-refractivity contribution >= 4 is 28.8 Å². The molecule has 2 atom stereocenters. The first-order valence-electron chi connectivity index (χ1n) is 8.60. The summed E-state index contributed by atoms with van der Waals surface area (Å²) in [7, 11) is 0. The van der Waals surface area contributed by atoms with Crippen LogP contribution in [0, 0.1) is 5.82 Å². The van der Waals surface area contributed by atoms with Crippen LogP contribution in [0.1, 0.15) is 35.2 Å². The van der Waals surface area contributed by atoms with Crippen LogP contribution in [-0.2, 0) is 4.79 Å². The van der Waals surface area contributed by atoms with Crippen LogP contribution in [0.15, 0.2) is 57.7 Å². The van der Waals surface area contributed by atoms with Gasteiger partial charge in [-0.2, -0.15) is 0 Å². The minimum Gasteiger partial charge on any atom is -0.353 e. The van der Waals surface area contributed by atoms with Crippen molar-refractivity contribution < 1.29 is 13.8 Å². The standard InChI is InChI=1S/C19H15FN4O2S/c20-12-4-1-3-10(7-12)17-16-13(21-18-19(22-17)24-26-23-18)8-11(9-14(16)25)15-5-2-6-27-15/h1-7,11,17H,8-9H2,(H,21,23)(H,22,24). The van der Waals surface area contributed by atoms with Gasteiger partial charge in [0.05, 0.1) is 6.04 Å². The summed E-state index contributed by atoms with van der Waals surface area (Å²) in [5, 5.41) is 16.2. The van der Waals surface area contributed by atoms with Crippen molar-refractivity contribution in [2.45, 2.75) is 24.8 Å². The number of fused-ring (bicyclic) bond motifs is 1. The number of halogens is 1. The summed E-state index contributed by atoms with van der Waals surface area (Å²) in [6, 6.07) is 9.76. The maximum atomic E-state index is 13.8. The van der Waals surface area contributed by atoms with E-state index in [1.807, 2.05) is 11.4 Å². The Bertz CT molecular complexity index is 1040. The predicted octanol–water partition coefficient (Wildman–Crippen LogP) is 4.25. The first-order chi connectivity index (χ1) is 13.2. The molecule has 0 radical (unpaired) electrons. The molecule has 1 aliphatic carbocycles. The van der Waals surface area contributed by atoms with Gasteiger partial charge in [-0.05, 0) is 45.9 Å². The number of nitrogens with zero attached hydrogens (tertiary/aromatic N) is 2. The zero-order valence-electron chi connectivity index (χ0n) is 14.1. The molecule has 1 aromatic carbocycles. The molecule has 2 N–H and O–H groups in total. The van der Waals surface area contributed by atoms with Crippen molar-refractivity contribution in [3.63, 3.8) is 0 Å². The highest BCUT2D eigenvalue weighted by molar-refractivity contribution is 7.10. The molecule has 2 unspecified atom stereocenters. The topological polar surface area (TPSA) is 80.1 Å². The molecule has 6 nitrogen and oxygen atoms in total. The summed E-state index contributed by atoms with van der Waals surface area (Å²) in [4.78, 5) is 14.3. The van der Waals surface area contributed by atoms with Gasteiger partial charge in [0.15, 0.2) is 5.78 Å². The number of allylic oxidation sites excluding steroid dienone is 1. The van der Waals surface area contributed by atoms with Gasteiger partial charge in [-0.25, -0.2) is 9.02 Å².